The van der Waals surface area contributed by atoms with Crippen LogP contribution in [0.2, 0.25) is 0 Å². The lowest BCUT2D eigenvalue weighted by Gasteiger charge is -1.98. The van der Waals surface area contributed by atoms with Gasteiger partial charge in [-0.15, -0.1) is 0 Å². The molecule has 0 atom stereocenters. The number of Topliss-reactive ketones (excluding diaryl/α,β-unsaturated/α-hetero) is 1. The van der Waals surface area contributed by atoms with Gasteiger partial charge in [0.2, 0.25) is 0 Å². The van der Waals surface area contributed by atoms with Crippen LogP contribution in [-0.2, 0) is 11.2 Å². The lowest BCUT2D eigenvalue weighted by atomic mass is 10.1. The lowest BCUT2D eigenvalue weighted by Crippen LogP contribution is -1.94. The maximum Gasteiger partial charge on any atom is 0.129 e. The Morgan fingerprint density at radius 3 is 2.85 bits per heavy atom. The summed E-state index contributed by atoms with van der Waals surface area (Å²) in [5, 5.41) is 0. The molecule has 1 heterocycles. The average molecular weight is 242 g/mol. The van der Waals surface area contributed by atoms with Gasteiger partial charge in [0, 0.05) is 22.8 Å². The van der Waals surface area contributed by atoms with Gasteiger partial charge in [-0.3, -0.25) is 4.98 Å². The van der Waals surface area contributed by atoms with Gasteiger partial charge in [0.25, 0.3) is 0 Å². The van der Waals surface area contributed by atoms with E-state index in [0.717, 1.165) is 23.0 Å². The Hall–Kier alpha value is -0.700. The molecule has 70 valence electrons. The Labute approximate surface area is 86.5 Å². The molecule has 2 nitrogen and oxygen atoms in total. The van der Waals surface area contributed by atoms with E-state index in [4.69, 9.17) is 0 Å². The van der Waals surface area contributed by atoms with Crippen molar-refractivity contribution in [3.05, 3.63) is 28.5 Å². The molecule has 1 aromatic rings. The standard InChI is InChI=1S/C10H12BrNO/c1-8(13)3-2-4-10-6-5-9(11)7-12-10/h5-7H,2-4H2,1H3. The molecule has 0 spiro atoms. The molecule has 0 radical (unpaired) electrons. The lowest BCUT2D eigenvalue weighted by molar-refractivity contribution is -0.117. The van der Waals surface area contributed by atoms with Crippen molar-refractivity contribution in [2.45, 2.75) is 26.2 Å². The van der Waals surface area contributed by atoms with Crippen LogP contribution in [0.25, 0.3) is 0 Å². The summed E-state index contributed by atoms with van der Waals surface area (Å²) in [5.74, 6) is 0.247. The highest BCUT2D eigenvalue weighted by Gasteiger charge is 1.97. The van der Waals surface area contributed by atoms with Gasteiger partial charge in [0.15, 0.2) is 0 Å². The normalized spacial score (nSPS) is 10.0. The highest BCUT2D eigenvalue weighted by molar-refractivity contribution is 9.10. The summed E-state index contributed by atoms with van der Waals surface area (Å²) in [7, 11) is 0. The third kappa shape index (κ3) is 4.18. The molecule has 0 aliphatic heterocycles. The van der Waals surface area contributed by atoms with Crippen molar-refractivity contribution in [3.8, 4) is 0 Å². The fraction of sp³-hybridized carbons (Fsp3) is 0.400. The van der Waals surface area contributed by atoms with Gasteiger partial charge in [-0.1, -0.05) is 0 Å². The van der Waals surface area contributed by atoms with Gasteiger partial charge >= 0.3 is 0 Å². The van der Waals surface area contributed by atoms with Gasteiger partial charge in [0.05, 0.1) is 0 Å². The van der Waals surface area contributed by atoms with Crippen molar-refractivity contribution >= 4 is 21.7 Å². The topological polar surface area (TPSA) is 30.0 Å². The van der Waals surface area contributed by atoms with Crippen molar-refractivity contribution in [1.29, 1.82) is 0 Å². The summed E-state index contributed by atoms with van der Waals surface area (Å²) in [4.78, 5) is 14.9. The number of carbonyl (C=O) groups excluding carboxylic acids is 1. The fourth-order valence-corrected chi connectivity index (χ4v) is 1.31. The van der Waals surface area contributed by atoms with E-state index in [1.54, 1.807) is 13.1 Å². The summed E-state index contributed by atoms with van der Waals surface area (Å²) in [6.45, 7) is 1.62. The average Bonchev–Trinajstić information content (AvgIpc) is 2.08. The molecule has 0 N–H and O–H groups in total. The quantitative estimate of drug-likeness (QED) is 0.812. The molecule has 0 fully saturated rings. The largest absolute Gasteiger partial charge is 0.300 e. The van der Waals surface area contributed by atoms with Crippen LogP contribution in [0.15, 0.2) is 22.8 Å². The summed E-state index contributed by atoms with van der Waals surface area (Å²) in [6, 6.07) is 3.94. The molecule has 0 saturated heterocycles. The van der Waals surface area contributed by atoms with E-state index in [-0.39, 0.29) is 5.78 Å². The highest BCUT2D eigenvalue weighted by atomic mass is 79.9. The number of aromatic nitrogens is 1. The molecule has 3 heteroatoms. The molecular weight excluding hydrogens is 230 g/mol. The number of nitrogens with zero attached hydrogens (tertiary/aromatic N) is 1. The minimum atomic E-state index is 0.247. The number of aryl methyl sites for hydroxylation is 1. The van der Waals surface area contributed by atoms with Crippen LogP contribution < -0.4 is 0 Å². The van der Waals surface area contributed by atoms with Crippen LogP contribution in [0.3, 0.4) is 0 Å². The number of hydrogen-bond donors (Lipinski definition) is 0. The van der Waals surface area contributed by atoms with Crippen molar-refractivity contribution in [2.24, 2.45) is 0 Å². The molecule has 0 aromatic carbocycles. The third-order valence-corrected chi connectivity index (χ3v) is 2.22. The predicted octanol–water partition coefficient (Wildman–Crippen LogP) is 2.76. The van der Waals surface area contributed by atoms with Crippen molar-refractivity contribution in [2.75, 3.05) is 0 Å². The first-order chi connectivity index (χ1) is 6.18. The highest BCUT2D eigenvalue weighted by Crippen LogP contribution is 2.09. The molecule has 13 heavy (non-hydrogen) atoms. The molecule has 0 bridgehead atoms. The minimum absolute atomic E-state index is 0.247. The zero-order valence-electron chi connectivity index (χ0n) is 7.59. The van der Waals surface area contributed by atoms with E-state index in [2.05, 4.69) is 20.9 Å². The first kappa shape index (κ1) is 10.4. The number of hydrogen-bond acceptors (Lipinski definition) is 2. The van der Waals surface area contributed by atoms with Gasteiger partial charge < -0.3 is 4.79 Å². The summed E-state index contributed by atoms with van der Waals surface area (Å²) in [6.07, 6.45) is 4.21. The van der Waals surface area contributed by atoms with E-state index in [1.165, 1.54) is 0 Å². The smallest absolute Gasteiger partial charge is 0.129 e. The Kier molecular flexibility index (Phi) is 4.09. The van der Waals surface area contributed by atoms with Crippen molar-refractivity contribution in [3.63, 3.8) is 0 Å². The fourth-order valence-electron chi connectivity index (χ4n) is 1.07. The zero-order chi connectivity index (χ0) is 9.68. The van der Waals surface area contributed by atoms with Crippen molar-refractivity contribution < 1.29 is 4.79 Å². The maximum atomic E-state index is 10.7. The van der Waals surface area contributed by atoms with E-state index < -0.39 is 0 Å². The first-order valence-corrected chi connectivity index (χ1v) is 5.07. The Morgan fingerprint density at radius 2 is 2.31 bits per heavy atom. The number of halogens is 1. The Balaban J connectivity index is 2.37. The second kappa shape index (κ2) is 5.12. The third-order valence-electron chi connectivity index (χ3n) is 1.75. The second-order valence-corrected chi connectivity index (χ2v) is 3.94. The molecule has 1 aromatic heterocycles. The molecular formula is C10H12BrNO. The minimum Gasteiger partial charge on any atom is -0.300 e. The second-order valence-electron chi connectivity index (χ2n) is 3.02. The van der Waals surface area contributed by atoms with Crippen LogP contribution in [0.5, 0.6) is 0 Å². The van der Waals surface area contributed by atoms with E-state index in [0.29, 0.717) is 6.42 Å². The monoisotopic (exact) mass is 241 g/mol. The van der Waals surface area contributed by atoms with Gasteiger partial charge in [-0.25, -0.2) is 0 Å². The molecule has 0 amide bonds. The molecule has 1 rings (SSSR count). The first-order valence-electron chi connectivity index (χ1n) is 4.28. The van der Waals surface area contributed by atoms with Crippen LogP contribution in [-0.4, -0.2) is 10.8 Å². The predicted molar refractivity (Wildman–Crippen MR) is 55.6 cm³/mol. The zero-order valence-corrected chi connectivity index (χ0v) is 9.17. The maximum absolute atomic E-state index is 10.7. The number of pyridine rings is 1. The van der Waals surface area contributed by atoms with Crippen LogP contribution in [0, 0.1) is 0 Å². The van der Waals surface area contributed by atoms with Gasteiger partial charge in [-0.05, 0) is 47.8 Å². The Morgan fingerprint density at radius 1 is 1.54 bits per heavy atom. The van der Waals surface area contributed by atoms with Crippen LogP contribution in [0.4, 0.5) is 0 Å². The van der Waals surface area contributed by atoms with E-state index in [1.807, 2.05) is 12.1 Å². The SMILES string of the molecule is CC(=O)CCCc1ccc(Br)cn1. The Bertz CT molecular complexity index is 281. The summed E-state index contributed by atoms with van der Waals surface area (Å²) in [5.41, 5.74) is 1.05. The van der Waals surface area contributed by atoms with Crippen LogP contribution in [0.1, 0.15) is 25.5 Å². The summed E-state index contributed by atoms with van der Waals surface area (Å²) < 4.78 is 0.989. The molecule has 0 unspecified atom stereocenters. The number of ketones is 1. The van der Waals surface area contributed by atoms with E-state index >= 15 is 0 Å². The van der Waals surface area contributed by atoms with Gasteiger partial charge in [-0.2, -0.15) is 0 Å². The number of rotatable bonds is 4. The molecule has 0 aliphatic rings. The molecule has 0 aliphatic carbocycles. The van der Waals surface area contributed by atoms with Crippen molar-refractivity contribution in [1.82, 2.24) is 4.98 Å². The van der Waals surface area contributed by atoms with E-state index in [9.17, 15) is 4.79 Å². The van der Waals surface area contributed by atoms with Crippen LogP contribution >= 0.6 is 15.9 Å². The summed E-state index contributed by atoms with van der Waals surface area (Å²) >= 11 is 3.32. The van der Waals surface area contributed by atoms with Gasteiger partial charge in [0.1, 0.15) is 5.78 Å². The number of carbonyl (C=O) groups is 1. The molecule has 0 saturated carbocycles.